The zero-order valence-corrected chi connectivity index (χ0v) is 14.9. The van der Waals surface area contributed by atoms with Gasteiger partial charge in [-0.25, -0.2) is 0 Å². The van der Waals surface area contributed by atoms with Gasteiger partial charge in [0.15, 0.2) is 5.82 Å². The lowest BCUT2D eigenvalue weighted by molar-refractivity contribution is 0.199. The number of aromatic amines is 1. The van der Waals surface area contributed by atoms with Crippen molar-refractivity contribution < 1.29 is 14.4 Å². The highest BCUT2D eigenvalue weighted by Gasteiger charge is 2.37. The third-order valence-corrected chi connectivity index (χ3v) is 5.16. The first-order valence-corrected chi connectivity index (χ1v) is 8.98. The molecule has 138 valence electrons. The van der Waals surface area contributed by atoms with Crippen molar-refractivity contribution in [1.82, 2.24) is 20.0 Å². The summed E-state index contributed by atoms with van der Waals surface area (Å²) in [5, 5.41) is 15.1. The number of aliphatic hydroxyl groups excluding tert-OH is 1. The molecule has 26 heavy (non-hydrogen) atoms. The van der Waals surface area contributed by atoms with E-state index in [9.17, 15) is 5.11 Å². The molecule has 1 fully saturated rings. The maximum Gasteiger partial charge on any atom is 0.231 e. The smallest absolute Gasteiger partial charge is 0.231 e. The maximum atomic E-state index is 9.83. The molecule has 3 aromatic rings. The van der Waals surface area contributed by atoms with Crippen molar-refractivity contribution in [3.05, 3.63) is 47.7 Å². The van der Waals surface area contributed by atoms with Crippen LogP contribution in [0, 0.1) is 5.92 Å². The molecule has 1 aliphatic rings. The molecule has 7 nitrogen and oxygen atoms in total. The van der Waals surface area contributed by atoms with Gasteiger partial charge in [-0.2, -0.15) is 4.98 Å². The molecule has 0 spiro atoms. The maximum absolute atomic E-state index is 9.83. The molecule has 0 saturated carbocycles. The summed E-state index contributed by atoms with van der Waals surface area (Å²) in [6.45, 7) is 3.15. The van der Waals surface area contributed by atoms with Gasteiger partial charge in [0, 0.05) is 62.8 Å². The van der Waals surface area contributed by atoms with Gasteiger partial charge in [-0.1, -0.05) is 17.3 Å². The highest BCUT2D eigenvalue weighted by atomic mass is 16.5. The quantitative estimate of drug-likeness (QED) is 0.673. The molecule has 0 radical (unpaired) electrons. The predicted molar refractivity (Wildman–Crippen MR) is 96.8 cm³/mol. The summed E-state index contributed by atoms with van der Waals surface area (Å²) in [4.78, 5) is 10.1. The van der Waals surface area contributed by atoms with E-state index >= 15 is 0 Å². The van der Waals surface area contributed by atoms with Gasteiger partial charge in [-0.05, 0) is 17.7 Å². The van der Waals surface area contributed by atoms with Crippen LogP contribution < -0.4 is 0 Å². The molecule has 2 unspecified atom stereocenters. The SMILES string of the molecule is COCCc1noc(C2CN(Cc3cccc4[nH]ccc34)CC2CO)n1. The van der Waals surface area contributed by atoms with Gasteiger partial charge in [0.2, 0.25) is 5.89 Å². The van der Waals surface area contributed by atoms with Crippen molar-refractivity contribution in [2.24, 2.45) is 5.92 Å². The van der Waals surface area contributed by atoms with Crippen LogP contribution >= 0.6 is 0 Å². The van der Waals surface area contributed by atoms with Crippen LogP contribution in [0.3, 0.4) is 0 Å². The average Bonchev–Trinajstić information content (AvgIpc) is 3.39. The molecule has 2 aromatic heterocycles. The minimum atomic E-state index is 0.0641. The molecule has 2 atom stereocenters. The fourth-order valence-corrected chi connectivity index (χ4v) is 3.80. The molecule has 0 bridgehead atoms. The number of aromatic nitrogens is 3. The fourth-order valence-electron chi connectivity index (χ4n) is 3.80. The summed E-state index contributed by atoms with van der Waals surface area (Å²) in [5.74, 6) is 1.46. The van der Waals surface area contributed by atoms with E-state index in [2.05, 4.69) is 44.3 Å². The predicted octanol–water partition coefficient (Wildman–Crippen LogP) is 1.95. The fraction of sp³-hybridized carbons (Fsp3) is 0.474. The second kappa shape index (κ2) is 7.57. The summed E-state index contributed by atoms with van der Waals surface area (Å²) >= 11 is 0. The molecule has 4 rings (SSSR count). The van der Waals surface area contributed by atoms with E-state index in [4.69, 9.17) is 9.26 Å². The first-order valence-electron chi connectivity index (χ1n) is 8.98. The van der Waals surface area contributed by atoms with E-state index in [0.717, 1.165) is 25.2 Å². The molecular weight excluding hydrogens is 332 g/mol. The number of aliphatic hydroxyl groups is 1. The molecular formula is C19H24N4O3. The Balaban J connectivity index is 1.48. The highest BCUT2D eigenvalue weighted by molar-refractivity contribution is 5.82. The van der Waals surface area contributed by atoms with Crippen LogP contribution in [0.5, 0.6) is 0 Å². The topological polar surface area (TPSA) is 87.4 Å². The summed E-state index contributed by atoms with van der Waals surface area (Å²) in [5.41, 5.74) is 2.43. The Bertz CT molecular complexity index is 859. The summed E-state index contributed by atoms with van der Waals surface area (Å²) in [6.07, 6.45) is 2.60. The zero-order valence-electron chi connectivity index (χ0n) is 14.9. The van der Waals surface area contributed by atoms with Crippen LogP contribution in [-0.2, 0) is 17.7 Å². The van der Waals surface area contributed by atoms with E-state index in [1.54, 1.807) is 7.11 Å². The van der Waals surface area contributed by atoms with Gasteiger partial charge in [0.05, 0.1) is 12.5 Å². The van der Waals surface area contributed by atoms with E-state index in [1.807, 2.05) is 6.20 Å². The van der Waals surface area contributed by atoms with E-state index in [1.165, 1.54) is 10.9 Å². The van der Waals surface area contributed by atoms with Crippen LogP contribution in [0.4, 0.5) is 0 Å². The lowest BCUT2D eigenvalue weighted by Crippen LogP contribution is -2.21. The molecule has 3 heterocycles. The van der Waals surface area contributed by atoms with Crippen molar-refractivity contribution in [2.45, 2.75) is 18.9 Å². The van der Waals surface area contributed by atoms with E-state index in [0.29, 0.717) is 24.7 Å². The van der Waals surface area contributed by atoms with E-state index < -0.39 is 0 Å². The zero-order chi connectivity index (χ0) is 17.9. The Labute approximate surface area is 152 Å². The van der Waals surface area contributed by atoms with E-state index in [-0.39, 0.29) is 18.4 Å². The molecule has 1 aromatic carbocycles. The number of nitrogens with zero attached hydrogens (tertiary/aromatic N) is 3. The lowest BCUT2D eigenvalue weighted by atomic mass is 9.97. The van der Waals surface area contributed by atoms with Gasteiger partial charge in [-0.3, -0.25) is 4.90 Å². The number of hydrogen-bond acceptors (Lipinski definition) is 6. The molecule has 2 N–H and O–H groups in total. The van der Waals surface area contributed by atoms with Crippen molar-refractivity contribution in [3.8, 4) is 0 Å². The standard InChI is InChI=1S/C19H24N4O3/c1-25-8-6-18-21-19(26-22-18)16-11-23(10-14(16)12-24)9-13-3-2-4-17-15(13)5-7-20-17/h2-5,7,14,16,20,24H,6,8-12H2,1H3. The number of nitrogens with one attached hydrogen (secondary N) is 1. The Morgan fingerprint density at radius 1 is 1.35 bits per heavy atom. The van der Waals surface area contributed by atoms with Crippen LogP contribution in [0.2, 0.25) is 0 Å². The van der Waals surface area contributed by atoms with Crippen molar-refractivity contribution >= 4 is 10.9 Å². The Morgan fingerprint density at radius 2 is 2.27 bits per heavy atom. The number of H-pyrrole nitrogens is 1. The number of fused-ring (bicyclic) bond motifs is 1. The summed E-state index contributed by atoms with van der Waals surface area (Å²) < 4.78 is 10.5. The van der Waals surface area contributed by atoms with Crippen LogP contribution in [-0.4, -0.2) is 58.5 Å². The average molecular weight is 356 g/mol. The first-order chi connectivity index (χ1) is 12.8. The third-order valence-electron chi connectivity index (χ3n) is 5.16. The van der Waals surface area contributed by atoms with Crippen LogP contribution in [0.15, 0.2) is 35.0 Å². The van der Waals surface area contributed by atoms with Gasteiger partial charge in [0.25, 0.3) is 0 Å². The molecule has 7 heteroatoms. The van der Waals surface area contributed by atoms with Gasteiger partial charge < -0.3 is 19.4 Å². The van der Waals surface area contributed by atoms with Crippen molar-refractivity contribution in [1.29, 1.82) is 0 Å². The number of methoxy groups -OCH3 is 1. The van der Waals surface area contributed by atoms with Crippen LogP contribution in [0.25, 0.3) is 10.9 Å². The number of hydrogen-bond donors (Lipinski definition) is 2. The first kappa shape index (κ1) is 17.2. The van der Waals surface area contributed by atoms with Crippen LogP contribution in [0.1, 0.15) is 23.2 Å². The molecule has 1 saturated heterocycles. The summed E-state index contributed by atoms with van der Waals surface area (Å²) in [6, 6.07) is 8.43. The van der Waals surface area contributed by atoms with Gasteiger partial charge in [-0.15, -0.1) is 0 Å². The minimum Gasteiger partial charge on any atom is -0.396 e. The Hall–Kier alpha value is -2.22. The normalized spacial score (nSPS) is 21.0. The van der Waals surface area contributed by atoms with Crippen molar-refractivity contribution in [2.75, 3.05) is 33.4 Å². The number of benzene rings is 1. The molecule has 0 amide bonds. The van der Waals surface area contributed by atoms with Crippen molar-refractivity contribution in [3.63, 3.8) is 0 Å². The summed E-state index contributed by atoms with van der Waals surface area (Å²) in [7, 11) is 1.66. The Kier molecular flexibility index (Phi) is 5.01. The molecule has 0 aliphatic carbocycles. The van der Waals surface area contributed by atoms with Gasteiger partial charge >= 0.3 is 0 Å². The monoisotopic (exact) mass is 356 g/mol. The van der Waals surface area contributed by atoms with Gasteiger partial charge in [0.1, 0.15) is 0 Å². The third kappa shape index (κ3) is 3.38. The number of rotatable bonds is 7. The Morgan fingerprint density at radius 3 is 3.12 bits per heavy atom. The second-order valence-electron chi connectivity index (χ2n) is 6.89. The number of ether oxygens (including phenoxy) is 1. The minimum absolute atomic E-state index is 0.0641. The second-order valence-corrected chi connectivity index (χ2v) is 6.89. The number of likely N-dealkylation sites (tertiary alicyclic amines) is 1. The lowest BCUT2D eigenvalue weighted by Gasteiger charge is -2.16. The largest absolute Gasteiger partial charge is 0.396 e. The highest BCUT2D eigenvalue weighted by Crippen LogP contribution is 2.33. The molecule has 1 aliphatic heterocycles.